The number of amides is 1. The summed E-state index contributed by atoms with van der Waals surface area (Å²) < 4.78 is 0. The smallest absolute Gasteiger partial charge is 0.407 e. The van der Waals surface area contributed by atoms with Crippen LogP contribution in [0.5, 0.6) is 0 Å². The molecule has 0 aromatic heterocycles. The highest BCUT2D eigenvalue weighted by atomic mass is 16.4. The van der Waals surface area contributed by atoms with Gasteiger partial charge in [-0.2, -0.15) is 0 Å². The third kappa shape index (κ3) is 3.72. The lowest BCUT2D eigenvalue weighted by molar-refractivity contribution is -0.144. The summed E-state index contributed by atoms with van der Waals surface area (Å²) in [6.45, 7) is 2.42. The summed E-state index contributed by atoms with van der Waals surface area (Å²) in [5, 5.41) is 21.7. The molecule has 0 spiro atoms. The summed E-state index contributed by atoms with van der Waals surface area (Å²) in [6, 6.07) is 9.27. The average molecular weight is 292 g/mol. The standard InChI is InChI=1S/C15H20N2O4/c1-10(11-5-3-2-4-6-11)16-13-9-17(15(20)21)8-7-12(13)14(18)19/h2-6,10,12-13,16H,7-9H2,1H3,(H,18,19)(H,20,21)/t10?,12?,13-/m0/s1. The predicted molar refractivity (Wildman–Crippen MR) is 77.1 cm³/mol. The first-order valence-corrected chi connectivity index (χ1v) is 7.00. The Kier molecular flexibility index (Phi) is 4.80. The van der Waals surface area contributed by atoms with Gasteiger partial charge in [0.15, 0.2) is 0 Å². The van der Waals surface area contributed by atoms with Crippen molar-refractivity contribution in [2.45, 2.75) is 25.4 Å². The molecule has 2 rings (SSSR count). The van der Waals surface area contributed by atoms with Crippen molar-refractivity contribution in [1.29, 1.82) is 0 Å². The monoisotopic (exact) mass is 292 g/mol. The Morgan fingerprint density at radius 2 is 1.95 bits per heavy atom. The van der Waals surface area contributed by atoms with Crippen molar-refractivity contribution in [3.63, 3.8) is 0 Å². The Morgan fingerprint density at radius 3 is 2.52 bits per heavy atom. The minimum absolute atomic E-state index is 0.0354. The van der Waals surface area contributed by atoms with E-state index in [1.165, 1.54) is 4.90 Å². The average Bonchev–Trinajstić information content (AvgIpc) is 2.47. The molecule has 0 saturated carbocycles. The van der Waals surface area contributed by atoms with E-state index < -0.39 is 18.0 Å². The first-order valence-electron chi connectivity index (χ1n) is 7.00. The SMILES string of the molecule is CC(N[C@H]1CN(C(=O)O)CCC1C(=O)O)c1ccccc1. The molecule has 21 heavy (non-hydrogen) atoms. The second kappa shape index (κ2) is 6.58. The van der Waals surface area contributed by atoms with Crippen LogP contribution in [0.15, 0.2) is 30.3 Å². The minimum atomic E-state index is -1.00. The van der Waals surface area contributed by atoms with Crippen molar-refractivity contribution in [2.75, 3.05) is 13.1 Å². The molecule has 0 aliphatic carbocycles. The van der Waals surface area contributed by atoms with E-state index in [0.29, 0.717) is 6.42 Å². The molecule has 1 aliphatic rings. The van der Waals surface area contributed by atoms with Crippen LogP contribution in [-0.2, 0) is 4.79 Å². The second-order valence-corrected chi connectivity index (χ2v) is 5.37. The van der Waals surface area contributed by atoms with E-state index in [9.17, 15) is 14.7 Å². The van der Waals surface area contributed by atoms with Crippen LogP contribution in [0.25, 0.3) is 0 Å². The van der Waals surface area contributed by atoms with E-state index in [0.717, 1.165) is 5.56 Å². The van der Waals surface area contributed by atoms with Gasteiger partial charge in [-0.1, -0.05) is 30.3 Å². The zero-order valence-electron chi connectivity index (χ0n) is 11.9. The highest BCUT2D eigenvalue weighted by Crippen LogP contribution is 2.22. The zero-order valence-corrected chi connectivity index (χ0v) is 11.9. The van der Waals surface area contributed by atoms with Crippen LogP contribution in [0.4, 0.5) is 4.79 Å². The molecule has 3 N–H and O–H groups in total. The first-order chi connectivity index (χ1) is 9.99. The van der Waals surface area contributed by atoms with E-state index in [2.05, 4.69) is 5.32 Å². The molecule has 114 valence electrons. The van der Waals surface area contributed by atoms with E-state index in [4.69, 9.17) is 5.11 Å². The minimum Gasteiger partial charge on any atom is -0.481 e. The van der Waals surface area contributed by atoms with Crippen molar-refractivity contribution in [1.82, 2.24) is 10.2 Å². The molecule has 0 radical (unpaired) electrons. The molecule has 1 heterocycles. The van der Waals surface area contributed by atoms with Crippen molar-refractivity contribution in [2.24, 2.45) is 5.92 Å². The topological polar surface area (TPSA) is 89.9 Å². The van der Waals surface area contributed by atoms with Crippen LogP contribution in [0, 0.1) is 5.92 Å². The molecular formula is C15H20N2O4. The van der Waals surface area contributed by atoms with Crippen LogP contribution in [0.3, 0.4) is 0 Å². The van der Waals surface area contributed by atoms with Gasteiger partial charge in [0.25, 0.3) is 0 Å². The molecule has 1 aliphatic heterocycles. The van der Waals surface area contributed by atoms with Crippen molar-refractivity contribution >= 4 is 12.1 Å². The van der Waals surface area contributed by atoms with Gasteiger partial charge >= 0.3 is 12.1 Å². The Labute approximate surface area is 123 Å². The lowest BCUT2D eigenvalue weighted by Gasteiger charge is -2.37. The molecule has 0 bridgehead atoms. The molecule has 3 atom stereocenters. The largest absolute Gasteiger partial charge is 0.481 e. The molecule has 1 saturated heterocycles. The third-order valence-electron chi connectivity index (χ3n) is 3.96. The lowest BCUT2D eigenvalue weighted by atomic mass is 9.90. The van der Waals surface area contributed by atoms with Gasteiger partial charge in [0.1, 0.15) is 0 Å². The number of nitrogens with zero attached hydrogens (tertiary/aromatic N) is 1. The number of aliphatic carboxylic acids is 1. The van der Waals surface area contributed by atoms with Crippen LogP contribution >= 0.6 is 0 Å². The molecule has 1 fully saturated rings. The van der Waals surface area contributed by atoms with Gasteiger partial charge in [0.05, 0.1) is 5.92 Å². The number of carboxylic acid groups (broad SMARTS) is 2. The lowest BCUT2D eigenvalue weighted by Crippen LogP contribution is -2.54. The van der Waals surface area contributed by atoms with Gasteiger partial charge in [-0.05, 0) is 18.9 Å². The summed E-state index contributed by atoms with van der Waals surface area (Å²) in [6.07, 6.45) is -0.668. The van der Waals surface area contributed by atoms with E-state index in [-0.39, 0.29) is 25.2 Å². The Morgan fingerprint density at radius 1 is 1.29 bits per heavy atom. The fraction of sp³-hybridized carbons (Fsp3) is 0.467. The van der Waals surface area contributed by atoms with Crippen molar-refractivity contribution in [3.8, 4) is 0 Å². The van der Waals surface area contributed by atoms with E-state index in [1.54, 1.807) is 0 Å². The van der Waals surface area contributed by atoms with Crippen LogP contribution in [0.1, 0.15) is 24.9 Å². The first kappa shape index (κ1) is 15.3. The number of carbonyl (C=O) groups is 2. The van der Waals surface area contributed by atoms with E-state index in [1.807, 2.05) is 37.3 Å². The summed E-state index contributed by atoms with van der Waals surface area (Å²) >= 11 is 0. The second-order valence-electron chi connectivity index (χ2n) is 5.37. The molecular weight excluding hydrogens is 272 g/mol. The maximum atomic E-state index is 11.4. The van der Waals surface area contributed by atoms with E-state index >= 15 is 0 Å². The van der Waals surface area contributed by atoms with Crippen LogP contribution < -0.4 is 5.32 Å². The molecule has 2 unspecified atom stereocenters. The van der Waals surface area contributed by atoms with Gasteiger partial charge < -0.3 is 20.4 Å². The predicted octanol–water partition coefficient (Wildman–Crippen LogP) is 1.79. The summed E-state index contributed by atoms with van der Waals surface area (Å²) in [7, 11) is 0. The zero-order chi connectivity index (χ0) is 15.4. The normalized spacial score (nSPS) is 23.6. The summed E-state index contributed by atoms with van der Waals surface area (Å²) in [5.41, 5.74) is 1.05. The number of piperidine rings is 1. The highest BCUT2D eigenvalue weighted by molar-refractivity contribution is 5.72. The number of carboxylic acids is 1. The van der Waals surface area contributed by atoms with Crippen LogP contribution in [0.2, 0.25) is 0 Å². The summed E-state index contributed by atoms with van der Waals surface area (Å²) in [4.78, 5) is 23.7. The molecule has 6 heteroatoms. The Hall–Kier alpha value is -2.08. The number of nitrogens with one attached hydrogen (secondary N) is 1. The number of hydrogen-bond donors (Lipinski definition) is 3. The quantitative estimate of drug-likeness (QED) is 0.787. The molecule has 1 aromatic rings. The van der Waals surface area contributed by atoms with Gasteiger partial charge in [-0.3, -0.25) is 4.79 Å². The van der Waals surface area contributed by atoms with Gasteiger partial charge in [0.2, 0.25) is 0 Å². The molecule has 1 amide bonds. The van der Waals surface area contributed by atoms with Crippen LogP contribution in [-0.4, -0.2) is 46.3 Å². The van der Waals surface area contributed by atoms with Crippen molar-refractivity contribution in [3.05, 3.63) is 35.9 Å². The fourth-order valence-electron chi connectivity index (χ4n) is 2.75. The maximum absolute atomic E-state index is 11.4. The number of benzene rings is 1. The summed E-state index contributed by atoms with van der Waals surface area (Å²) in [5.74, 6) is -1.44. The number of hydrogen-bond acceptors (Lipinski definition) is 3. The Bertz CT molecular complexity index is 506. The number of rotatable bonds is 4. The highest BCUT2D eigenvalue weighted by Gasteiger charge is 2.36. The third-order valence-corrected chi connectivity index (χ3v) is 3.96. The fourth-order valence-corrected chi connectivity index (χ4v) is 2.75. The van der Waals surface area contributed by atoms with Crippen molar-refractivity contribution < 1.29 is 19.8 Å². The molecule has 1 aromatic carbocycles. The Balaban J connectivity index is 2.09. The van der Waals surface area contributed by atoms with Gasteiger partial charge in [0, 0.05) is 25.2 Å². The maximum Gasteiger partial charge on any atom is 0.407 e. The van der Waals surface area contributed by atoms with Gasteiger partial charge in [-0.15, -0.1) is 0 Å². The molecule has 6 nitrogen and oxygen atoms in total. The number of likely N-dealkylation sites (tertiary alicyclic amines) is 1. The van der Waals surface area contributed by atoms with Gasteiger partial charge in [-0.25, -0.2) is 4.79 Å².